The maximum atomic E-state index is 6.29. The molecule has 0 amide bonds. The van der Waals surface area contributed by atoms with Crippen molar-refractivity contribution in [1.82, 2.24) is 19.9 Å². The molecule has 0 saturated heterocycles. The molecule has 1 aliphatic heterocycles. The average molecular weight is 371 g/mol. The van der Waals surface area contributed by atoms with E-state index in [2.05, 4.69) is 14.9 Å². The zero-order valence-corrected chi connectivity index (χ0v) is 15.0. The molecular weight excluding hydrogens is 355 g/mol. The molecule has 0 fully saturated rings. The summed E-state index contributed by atoms with van der Waals surface area (Å²) in [5.41, 5.74) is 4.33. The van der Waals surface area contributed by atoms with Gasteiger partial charge in [0.2, 0.25) is 0 Å². The van der Waals surface area contributed by atoms with E-state index in [9.17, 15) is 0 Å². The van der Waals surface area contributed by atoms with Crippen LogP contribution in [-0.2, 0) is 19.5 Å². The molecule has 25 heavy (non-hydrogen) atoms. The van der Waals surface area contributed by atoms with Crippen LogP contribution in [0.25, 0.3) is 11.4 Å². The number of hydrogen-bond donors (Lipinski definition) is 0. The highest BCUT2D eigenvalue weighted by Gasteiger charge is 2.19. The molecule has 126 valence electrons. The molecule has 2 aromatic heterocycles. The summed E-state index contributed by atoms with van der Waals surface area (Å²) in [5.74, 6) is 0.757. The van der Waals surface area contributed by atoms with Gasteiger partial charge in [-0.3, -0.25) is 9.88 Å². The minimum absolute atomic E-state index is 0.710. The number of benzene rings is 1. The van der Waals surface area contributed by atoms with Crippen molar-refractivity contribution in [1.29, 1.82) is 0 Å². The summed E-state index contributed by atoms with van der Waals surface area (Å²) in [6.45, 7) is 2.52. The topological polar surface area (TPSA) is 41.9 Å². The monoisotopic (exact) mass is 370 g/mol. The van der Waals surface area contributed by atoms with Crippen LogP contribution in [0.4, 0.5) is 0 Å². The Balaban J connectivity index is 1.53. The van der Waals surface area contributed by atoms with E-state index >= 15 is 0 Å². The molecule has 1 aliphatic rings. The highest BCUT2D eigenvalue weighted by atomic mass is 35.5. The summed E-state index contributed by atoms with van der Waals surface area (Å²) >= 11 is 12.4. The van der Waals surface area contributed by atoms with Crippen molar-refractivity contribution in [3.05, 3.63) is 75.8 Å². The Bertz CT molecular complexity index is 899. The lowest BCUT2D eigenvalue weighted by Gasteiger charge is -2.28. The van der Waals surface area contributed by atoms with Crippen LogP contribution in [0.3, 0.4) is 0 Å². The van der Waals surface area contributed by atoms with E-state index in [0.29, 0.717) is 5.02 Å². The largest absolute Gasteiger partial charge is 0.294 e. The first-order chi connectivity index (χ1) is 12.2. The van der Waals surface area contributed by atoms with E-state index < -0.39 is 0 Å². The lowest BCUT2D eigenvalue weighted by Crippen LogP contribution is -2.31. The van der Waals surface area contributed by atoms with E-state index in [4.69, 9.17) is 28.2 Å². The number of fused-ring (bicyclic) bond motifs is 1. The summed E-state index contributed by atoms with van der Waals surface area (Å²) < 4.78 is 0. The van der Waals surface area contributed by atoms with Gasteiger partial charge in [-0.05, 0) is 35.9 Å². The molecule has 0 atom stereocenters. The third kappa shape index (κ3) is 3.66. The van der Waals surface area contributed by atoms with Crippen LogP contribution in [0, 0.1) is 0 Å². The fraction of sp³-hybridized carbons (Fsp3) is 0.211. The van der Waals surface area contributed by atoms with E-state index in [-0.39, 0.29) is 0 Å². The van der Waals surface area contributed by atoms with Crippen molar-refractivity contribution in [2.24, 2.45) is 0 Å². The third-order valence-electron chi connectivity index (χ3n) is 4.35. The molecule has 0 saturated carbocycles. The zero-order valence-electron chi connectivity index (χ0n) is 13.5. The predicted octanol–water partition coefficient (Wildman–Crippen LogP) is 4.40. The lowest BCUT2D eigenvalue weighted by atomic mass is 10.1. The summed E-state index contributed by atoms with van der Waals surface area (Å²) in [5, 5.41) is 1.46. The Labute approximate surface area is 156 Å². The Morgan fingerprint density at radius 2 is 1.92 bits per heavy atom. The number of rotatable bonds is 3. The van der Waals surface area contributed by atoms with Crippen LogP contribution in [0.5, 0.6) is 0 Å². The maximum Gasteiger partial charge on any atom is 0.159 e. The molecule has 3 aromatic rings. The summed E-state index contributed by atoms with van der Waals surface area (Å²) in [6.07, 6.45) is 6.35. The van der Waals surface area contributed by atoms with Gasteiger partial charge in [-0.15, -0.1) is 0 Å². The maximum absolute atomic E-state index is 6.29. The van der Waals surface area contributed by atoms with Crippen LogP contribution in [0.1, 0.15) is 16.8 Å². The van der Waals surface area contributed by atoms with E-state index in [0.717, 1.165) is 53.7 Å². The Morgan fingerprint density at radius 1 is 1.08 bits per heavy atom. The van der Waals surface area contributed by atoms with Crippen molar-refractivity contribution in [3.63, 3.8) is 0 Å². The standard InChI is InChI=1S/C19H16Cl2N4/c20-16-1-2-17(21)14(9-16)11-25-8-5-18-15(12-25)10-23-19(24-18)13-3-6-22-7-4-13/h1-4,6-7,9-10H,5,8,11-12H2. The van der Waals surface area contributed by atoms with Crippen LogP contribution in [0.15, 0.2) is 48.9 Å². The van der Waals surface area contributed by atoms with Crippen LogP contribution < -0.4 is 0 Å². The van der Waals surface area contributed by atoms with Crippen LogP contribution in [-0.4, -0.2) is 26.4 Å². The molecular formula is C19H16Cl2N4. The molecule has 3 heterocycles. The average Bonchev–Trinajstić information content (AvgIpc) is 2.65. The van der Waals surface area contributed by atoms with Gasteiger partial charge >= 0.3 is 0 Å². The summed E-state index contributed by atoms with van der Waals surface area (Å²) in [4.78, 5) is 15.6. The van der Waals surface area contributed by atoms with Crippen molar-refractivity contribution in [3.8, 4) is 11.4 Å². The fourth-order valence-electron chi connectivity index (χ4n) is 3.06. The molecule has 4 nitrogen and oxygen atoms in total. The number of aromatic nitrogens is 3. The normalized spacial score (nSPS) is 14.3. The highest BCUT2D eigenvalue weighted by Crippen LogP contribution is 2.25. The van der Waals surface area contributed by atoms with Crippen molar-refractivity contribution in [2.75, 3.05) is 6.54 Å². The van der Waals surface area contributed by atoms with Crippen molar-refractivity contribution < 1.29 is 0 Å². The highest BCUT2D eigenvalue weighted by molar-refractivity contribution is 6.33. The van der Waals surface area contributed by atoms with E-state index in [1.165, 1.54) is 5.56 Å². The Morgan fingerprint density at radius 3 is 2.76 bits per heavy atom. The minimum Gasteiger partial charge on any atom is -0.294 e. The number of pyridine rings is 1. The third-order valence-corrected chi connectivity index (χ3v) is 4.96. The van der Waals surface area contributed by atoms with E-state index in [1.54, 1.807) is 12.4 Å². The number of hydrogen-bond acceptors (Lipinski definition) is 4. The molecule has 0 unspecified atom stereocenters. The smallest absolute Gasteiger partial charge is 0.159 e. The van der Waals surface area contributed by atoms with Gasteiger partial charge < -0.3 is 0 Å². The van der Waals surface area contributed by atoms with Gasteiger partial charge in [0.25, 0.3) is 0 Å². The van der Waals surface area contributed by atoms with Gasteiger partial charge in [-0.1, -0.05) is 23.2 Å². The van der Waals surface area contributed by atoms with Gasteiger partial charge in [0, 0.05) is 65.8 Å². The summed E-state index contributed by atoms with van der Waals surface area (Å²) in [7, 11) is 0. The van der Waals surface area contributed by atoms with Gasteiger partial charge in [0.05, 0.1) is 5.69 Å². The molecule has 4 rings (SSSR count). The first-order valence-corrected chi connectivity index (χ1v) is 8.86. The second-order valence-corrected chi connectivity index (χ2v) is 6.94. The molecule has 1 aromatic carbocycles. The molecule has 0 aliphatic carbocycles. The second kappa shape index (κ2) is 7.08. The Kier molecular flexibility index (Phi) is 4.66. The number of halogens is 2. The predicted molar refractivity (Wildman–Crippen MR) is 99.5 cm³/mol. The first-order valence-electron chi connectivity index (χ1n) is 8.10. The second-order valence-electron chi connectivity index (χ2n) is 6.10. The molecule has 0 spiro atoms. The van der Waals surface area contributed by atoms with Crippen LogP contribution in [0.2, 0.25) is 10.0 Å². The Hall–Kier alpha value is -2.01. The zero-order chi connectivity index (χ0) is 17.2. The van der Waals surface area contributed by atoms with Gasteiger partial charge in [-0.25, -0.2) is 9.97 Å². The molecule has 0 N–H and O–H groups in total. The van der Waals surface area contributed by atoms with Gasteiger partial charge in [0.1, 0.15) is 0 Å². The quantitative estimate of drug-likeness (QED) is 0.684. The number of nitrogens with zero attached hydrogens (tertiary/aromatic N) is 4. The SMILES string of the molecule is Clc1ccc(Cl)c(CN2CCc3nc(-c4ccncc4)ncc3C2)c1. The molecule has 6 heteroatoms. The van der Waals surface area contributed by atoms with Gasteiger partial charge in [0.15, 0.2) is 5.82 Å². The first kappa shape index (κ1) is 16.5. The lowest BCUT2D eigenvalue weighted by molar-refractivity contribution is 0.243. The van der Waals surface area contributed by atoms with E-state index in [1.807, 2.05) is 36.5 Å². The van der Waals surface area contributed by atoms with Gasteiger partial charge in [-0.2, -0.15) is 0 Å². The van der Waals surface area contributed by atoms with Crippen LogP contribution >= 0.6 is 23.2 Å². The minimum atomic E-state index is 0.710. The fourth-order valence-corrected chi connectivity index (χ4v) is 3.43. The summed E-state index contributed by atoms with van der Waals surface area (Å²) in [6, 6.07) is 9.45. The molecule has 0 bridgehead atoms. The molecule has 0 radical (unpaired) electrons. The van der Waals surface area contributed by atoms with Crippen molar-refractivity contribution in [2.45, 2.75) is 19.5 Å². The van der Waals surface area contributed by atoms with Crippen molar-refractivity contribution >= 4 is 23.2 Å².